The van der Waals surface area contributed by atoms with Gasteiger partial charge < -0.3 is 10.5 Å². The minimum Gasteiger partial charge on any atom is -0.462 e. The molecule has 0 spiro atoms. The number of carbonyl (C=O) groups is 1. The molecule has 1 aromatic carbocycles. The molecule has 6 heteroatoms. The Morgan fingerprint density at radius 1 is 1.58 bits per heavy atom. The first-order valence-electron chi connectivity index (χ1n) is 5.67. The molecule has 0 aliphatic rings. The van der Waals surface area contributed by atoms with Gasteiger partial charge in [0.2, 0.25) is 0 Å². The van der Waals surface area contributed by atoms with Crippen molar-refractivity contribution >= 4 is 11.7 Å². The van der Waals surface area contributed by atoms with Crippen LogP contribution in [-0.2, 0) is 4.74 Å². The molecule has 0 saturated carbocycles. The summed E-state index contributed by atoms with van der Waals surface area (Å²) < 4.78 is 6.37. The van der Waals surface area contributed by atoms with Crippen LogP contribution in [0.25, 0.3) is 5.69 Å². The summed E-state index contributed by atoms with van der Waals surface area (Å²) in [6.07, 6.45) is 2.96. The van der Waals surface area contributed by atoms with Crippen molar-refractivity contribution < 1.29 is 9.53 Å². The molecule has 6 nitrogen and oxygen atoms in total. The quantitative estimate of drug-likeness (QED) is 0.663. The zero-order chi connectivity index (χ0) is 13.8. The van der Waals surface area contributed by atoms with Crippen molar-refractivity contribution in [1.29, 1.82) is 5.26 Å². The number of aromatic nitrogens is 2. The number of nitrogen functional groups attached to an aromatic ring is 1. The maximum absolute atomic E-state index is 11.5. The van der Waals surface area contributed by atoms with Gasteiger partial charge in [-0.15, -0.1) is 0 Å². The largest absolute Gasteiger partial charge is 0.462 e. The Morgan fingerprint density at radius 2 is 2.37 bits per heavy atom. The van der Waals surface area contributed by atoms with Gasteiger partial charge in [-0.25, -0.2) is 9.48 Å². The van der Waals surface area contributed by atoms with Crippen molar-refractivity contribution in [2.45, 2.75) is 6.92 Å². The Balaban J connectivity index is 2.33. The van der Waals surface area contributed by atoms with Gasteiger partial charge in [0.15, 0.2) is 0 Å². The molecule has 0 fully saturated rings. The van der Waals surface area contributed by atoms with Crippen LogP contribution in [0.3, 0.4) is 0 Å². The highest BCUT2D eigenvalue weighted by atomic mass is 16.5. The number of hydrogen-bond donors (Lipinski definition) is 1. The fourth-order valence-electron chi connectivity index (χ4n) is 1.57. The summed E-state index contributed by atoms with van der Waals surface area (Å²) >= 11 is 0. The molecule has 0 saturated heterocycles. The van der Waals surface area contributed by atoms with E-state index in [-0.39, 0.29) is 0 Å². The zero-order valence-electron chi connectivity index (χ0n) is 10.3. The van der Waals surface area contributed by atoms with Crippen molar-refractivity contribution in [3.63, 3.8) is 0 Å². The molecule has 0 amide bonds. The van der Waals surface area contributed by atoms with E-state index in [9.17, 15) is 4.79 Å². The number of nitriles is 1. The number of carbonyl (C=O) groups excluding carboxylic acids is 1. The Morgan fingerprint density at radius 3 is 3.05 bits per heavy atom. The number of hydrogen-bond acceptors (Lipinski definition) is 5. The van der Waals surface area contributed by atoms with Gasteiger partial charge in [-0.05, 0) is 25.1 Å². The average Bonchev–Trinajstić information content (AvgIpc) is 2.89. The van der Waals surface area contributed by atoms with E-state index in [4.69, 9.17) is 15.7 Å². The summed E-state index contributed by atoms with van der Waals surface area (Å²) in [7, 11) is 0. The predicted octanol–water partition coefficient (Wildman–Crippen LogP) is 1.50. The zero-order valence-corrected chi connectivity index (χ0v) is 10.3. The molecule has 0 radical (unpaired) electrons. The highest BCUT2D eigenvalue weighted by Gasteiger charge is 2.10. The number of esters is 1. The van der Waals surface area contributed by atoms with E-state index in [0.29, 0.717) is 29.1 Å². The standard InChI is InChI=1S/C13H12N4O2/c1-2-19-13(18)10-7-16-17(8-10)11-3-4-12(15)9(5-11)6-14/h3-5,7-8H,2,15H2,1H3. The highest BCUT2D eigenvalue weighted by Crippen LogP contribution is 2.16. The molecule has 2 N–H and O–H groups in total. The predicted molar refractivity (Wildman–Crippen MR) is 68.6 cm³/mol. The molecule has 1 aromatic heterocycles. The van der Waals surface area contributed by atoms with Crippen LogP contribution >= 0.6 is 0 Å². The molecular weight excluding hydrogens is 244 g/mol. The minimum absolute atomic E-state index is 0.310. The summed E-state index contributed by atoms with van der Waals surface area (Å²) in [5, 5.41) is 13.0. The van der Waals surface area contributed by atoms with Gasteiger partial charge >= 0.3 is 5.97 Å². The first-order chi connectivity index (χ1) is 9.15. The first-order valence-corrected chi connectivity index (χ1v) is 5.67. The molecule has 0 aliphatic carbocycles. The maximum atomic E-state index is 11.5. The maximum Gasteiger partial charge on any atom is 0.341 e. The van der Waals surface area contributed by atoms with E-state index in [1.54, 1.807) is 31.3 Å². The van der Waals surface area contributed by atoms with Gasteiger partial charge in [0.05, 0.1) is 29.6 Å². The van der Waals surface area contributed by atoms with Crippen LogP contribution in [-0.4, -0.2) is 22.4 Å². The topological polar surface area (TPSA) is 93.9 Å². The Bertz CT molecular complexity index is 655. The molecule has 0 aliphatic heterocycles. The van der Waals surface area contributed by atoms with E-state index >= 15 is 0 Å². The summed E-state index contributed by atoms with van der Waals surface area (Å²) in [6, 6.07) is 6.95. The lowest BCUT2D eigenvalue weighted by atomic mass is 10.2. The number of benzene rings is 1. The van der Waals surface area contributed by atoms with E-state index in [0.717, 1.165) is 0 Å². The first kappa shape index (κ1) is 12.6. The van der Waals surface area contributed by atoms with E-state index < -0.39 is 5.97 Å². The summed E-state index contributed by atoms with van der Waals surface area (Å²) in [5.41, 5.74) is 7.43. The number of nitrogens with two attached hydrogens (primary N) is 1. The second-order valence-electron chi connectivity index (χ2n) is 3.78. The normalized spacial score (nSPS) is 9.89. The Labute approximate surface area is 110 Å². The van der Waals surface area contributed by atoms with Gasteiger partial charge in [0, 0.05) is 11.9 Å². The summed E-state index contributed by atoms with van der Waals surface area (Å²) in [4.78, 5) is 11.5. The second kappa shape index (κ2) is 5.23. The third-order valence-corrected chi connectivity index (χ3v) is 2.52. The molecule has 2 aromatic rings. The van der Waals surface area contributed by atoms with E-state index in [2.05, 4.69) is 5.10 Å². The van der Waals surface area contributed by atoms with Crippen molar-refractivity contribution in [3.05, 3.63) is 41.7 Å². The van der Waals surface area contributed by atoms with Gasteiger partial charge in [-0.2, -0.15) is 10.4 Å². The van der Waals surface area contributed by atoms with Crippen LogP contribution in [0.5, 0.6) is 0 Å². The lowest BCUT2D eigenvalue weighted by Crippen LogP contribution is -2.03. The second-order valence-corrected chi connectivity index (χ2v) is 3.78. The van der Waals surface area contributed by atoms with Crippen molar-refractivity contribution in [2.75, 3.05) is 12.3 Å². The van der Waals surface area contributed by atoms with E-state index in [1.807, 2.05) is 6.07 Å². The van der Waals surface area contributed by atoms with Gasteiger partial charge in [-0.1, -0.05) is 0 Å². The highest BCUT2D eigenvalue weighted by molar-refractivity contribution is 5.88. The fraction of sp³-hybridized carbons (Fsp3) is 0.154. The van der Waals surface area contributed by atoms with Crippen LogP contribution in [0.1, 0.15) is 22.8 Å². The van der Waals surface area contributed by atoms with Crippen LogP contribution in [0, 0.1) is 11.3 Å². The molecule has 0 bridgehead atoms. The van der Waals surface area contributed by atoms with Gasteiger partial charge in [-0.3, -0.25) is 0 Å². The molecule has 0 unspecified atom stereocenters. The molecular formula is C13H12N4O2. The molecule has 96 valence electrons. The number of ether oxygens (including phenoxy) is 1. The minimum atomic E-state index is -0.426. The molecule has 2 rings (SSSR count). The number of nitrogens with zero attached hydrogens (tertiary/aromatic N) is 3. The summed E-state index contributed by atoms with van der Waals surface area (Å²) in [5.74, 6) is -0.426. The monoisotopic (exact) mass is 256 g/mol. The van der Waals surface area contributed by atoms with Gasteiger partial charge in [0.1, 0.15) is 6.07 Å². The molecule has 19 heavy (non-hydrogen) atoms. The van der Waals surface area contributed by atoms with Crippen molar-refractivity contribution in [1.82, 2.24) is 9.78 Å². The van der Waals surface area contributed by atoms with Crippen LogP contribution in [0.4, 0.5) is 5.69 Å². The lowest BCUT2D eigenvalue weighted by Gasteiger charge is -2.03. The van der Waals surface area contributed by atoms with Gasteiger partial charge in [0.25, 0.3) is 0 Å². The number of rotatable bonds is 3. The van der Waals surface area contributed by atoms with Crippen LogP contribution in [0.2, 0.25) is 0 Å². The van der Waals surface area contributed by atoms with Crippen LogP contribution < -0.4 is 5.73 Å². The Hall–Kier alpha value is -2.81. The van der Waals surface area contributed by atoms with Crippen molar-refractivity contribution in [2.24, 2.45) is 0 Å². The molecule has 0 atom stereocenters. The average molecular weight is 256 g/mol. The lowest BCUT2D eigenvalue weighted by molar-refractivity contribution is 0.0526. The third-order valence-electron chi connectivity index (χ3n) is 2.52. The van der Waals surface area contributed by atoms with Crippen molar-refractivity contribution in [3.8, 4) is 11.8 Å². The summed E-state index contributed by atoms with van der Waals surface area (Å²) in [6.45, 7) is 2.05. The Kier molecular flexibility index (Phi) is 3.48. The molecule has 1 heterocycles. The van der Waals surface area contributed by atoms with E-state index in [1.165, 1.54) is 10.9 Å². The van der Waals surface area contributed by atoms with Crippen LogP contribution in [0.15, 0.2) is 30.6 Å². The third kappa shape index (κ3) is 2.55. The fourth-order valence-corrected chi connectivity index (χ4v) is 1.57. The smallest absolute Gasteiger partial charge is 0.341 e. The SMILES string of the molecule is CCOC(=O)c1cnn(-c2ccc(N)c(C#N)c2)c1. The number of anilines is 1.